The van der Waals surface area contributed by atoms with Gasteiger partial charge in [0.1, 0.15) is 0 Å². The maximum Gasteiger partial charge on any atom is -0.0173 e. The molecule has 2 atom stereocenters. The van der Waals surface area contributed by atoms with Crippen LogP contribution in [0, 0.1) is 11.8 Å². The maximum absolute atomic E-state index is 2.33. The summed E-state index contributed by atoms with van der Waals surface area (Å²) in [6.07, 6.45) is 7.34. The van der Waals surface area contributed by atoms with Crippen LogP contribution in [0.2, 0.25) is 0 Å². The molecule has 0 nitrogen and oxygen atoms in total. The van der Waals surface area contributed by atoms with Gasteiger partial charge in [-0.2, -0.15) is 0 Å². The van der Waals surface area contributed by atoms with Gasteiger partial charge in [-0.15, -0.1) is 0 Å². The van der Waals surface area contributed by atoms with Crippen molar-refractivity contribution in [3.63, 3.8) is 0 Å². The van der Waals surface area contributed by atoms with E-state index in [0.717, 1.165) is 11.8 Å². The molecule has 0 heteroatoms. The number of allylic oxidation sites excluding steroid dienone is 2. The highest BCUT2D eigenvalue weighted by Crippen LogP contribution is 2.28. The van der Waals surface area contributed by atoms with Crippen LogP contribution in [0.25, 0.3) is 0 Å². The molecule has 0 aromatic rings. The van der Waals surface area contributed by atoms with Crippen LogP contribution in [-0.4, -0.2) is 0 Å². The van der Waals surface area contributed by atoms with Crippen molar-refractivity contribution in [2.24, 2.45) is 11.8 Å². The Kier molecular flexibility index (Phi) is 1.72. The van der Waals surface area contributed by atoms with Gasteiger partial charge in [0.15, 0.2) is 0 Å². The Hall–Kier alpha value is -0.260. The summed E-state index contributed by atoms with van der Waals surface area (Å²) in [6, 6.07) is 0. The zero-order valence-electron chi connectivity index (χ0n) is 5.72. The summed E-state index contributed by atoms with van der Waals surface area (Å²) >= 11 is 0. The Morgan fingerprint density at radius 3 is 2.25 bits per heavy atom. The van der Waals surface area contributed by atoms with Gasteiger partial charge in [0, 0.05) is 0 Å². The molecular formula is C8H14. The molecule has 8 heavy (non-hydrogen) atoms. The lowest BCUT2D eigenvalue weighted by Gasteiger charge is -2.24. The molecule has 1 aliphatic carbocycles. The minimum atomic E-state index is 0.870. The summed E-state index contributed by atoms with van der Waals surface area (Å²) in [7, 11) is 0. The summed E-state index contributed by atoms with van der Waals surface area (Å²) in [5.74, 6) is 1.79. The number of hydrogen-bond donors (Lipinski definition) is 0. The Morgan fingerprint density at radius 1 is 1.38 bits per heavy atom. The predicted octanol–water partition coefficient (Wildman–Crippen LogP) is 2.61. The minimum absolute atomic E-state index is 0.870. The van der Waals surface area contributed by atoms with E-state index < -0.39 is 0 Å². The summed E-state index contributed by atoms with van der Waals surface area (Å²) in [5.41, 5.74) is 0. The van der Waals surface area contributed by atoms with Gasteiger partial charge in [0.25, 0.3) is 0 Å². The van der Waals surface area contributed by atoms with Crippen molar-refractivity contribution in [3.05, 3.63) is 12.2 Å². The molecule has 0 amide bonds. The van der Waals surface area contributed by atoms with Crippen LogP contribution in [-0.2, 0) is 0 Å². The Labute approximate surface area is 51.6 Å². The van der Waals surface area contributed by atoms with Gasteiger partial charge >= 0.3 is 0 Å². The van der Waals surface area contributed by atoms with E-state index in [1.165, 1.54) is 12.8 Å². The summed E-state index contributed by atoms with van der Waals surface area (Å²) < 4.78 is 0. The van der Waals surface area contributed by atoms with Crippen molar-refractivity contribution in [1.82, 2.24) is 0 Å². The molecule has 0 spiro atoms. The van der Waals surface area contributed by atoms with Crippen molar-refractivity contribution in [2.45, 2.75) is 26.7 Å². The maximum atomic E-state index is 2.33. The van der Waals surface area contributed by atoms with Gasteiger partial charge in [-0.3, -0.25) is 0 Å². The van der Waals surface area contributed by atoms with E-state index in [-0.39, 0.29) is 0 Å². The average Bonchev–Trinajstić information content (AvgIpc) is 1.79. The molecule has 0 aliphatic heterocycles. The van der Waals surface area contributed by atoms with Crippen LogP contribution in [0.4, 0.5) is 0 Å². The average molecular weight is 110 g/mol. The second-order valence-electron chi connectivity index (χ2n) is 2.70. The van der Waals surface area contributed by atoms with E-state index in [4.69, 9.17) is 0 Å². The van der Waals surface area contributed by atoms with Crippen molar-refractivity contribution >= 4 is 0 Å². The molecule has 0 aromatic heterocycles. The van der Waals surface area contributed by atoms with Crippen LogP contribution >= 0.6 is 0 Å². The highest BCUT2D eigenvalue weighted by Gasteiger charge is 2.17. The van der Waals surface area contributed by atoms with Crippen LogP contribution in [0.1, 0.15) is 26.7 Å². The lowest BCUT2D eigenvalue weighted by Crippen LogP contribution is -2.14. The lowest BCUT2D eigenvalue weighted by molar-refractivity contribution is 0.425. The molecule has 0 bridgehead atoms. The fraction of sp³-hybridized carbons (Fsp3) is 0.750. The Bertz CT molecular complexity index is 92.2. The first kappa shape index (κ1) is 5.87. The molecular weight excluding hydrogens is 96.1 g/mol. The van der Waals surface area contributed by atoms with Crippen LogP contribution in [0.15, 0.2) is 12.2 Å². The molecule has 0 saturated heterocycles. The molecule has 0 radical (unpaired) electrons. The Balaban J connectivity index is 2.20. The monoisotopic (exact) mass is 110 g/mol. The highest BCUT2D eigenvalue weighted by molar-refractivity contribution is 5.06. The van der Waals surface area contributed by atoms with E-state index in [1.807, 2.05) is 0 Å². The molecule has 0 fully saturated rings. The second kappa shape index (κ2) is 2.34. The topological polar surface area (TPSA) is 0 Å². The largest absolute Gasteiger partial charge is 0.0848 e. The van der Waals surface area contributed by atoms with E-state index in [9.17, 15) is 0 Å². The van der Waals surface area contributed by atoms with Crippen LogP contribution in [0.5, 0.6) is 0 Å². The number of hydrogen-bond acceptors (Lipinski definition) is 0. The second-order valence-corrected chi connectivity index (χ2v) is 2.70. The normalized spacial score (nSPS) is 34.8. The Morgan fingerprint density at radius 2 is 2.12 bits per heavy atom. The van der Waals surface area contributed by atoms with Gasteiger partial charge in [-0.1, -0.05) is 32.4 Å². The quantitative estimate of drug-likeness (QED) is 0.479. The fourth-order valence-corrected chi connectivity index (χ4v) is 1.18. The molecule has 0 aromatic carbocycles. The molecule has 1 aliphatic rings. The lowest BCUT2D eigenvalue weighted by atomic mass is 9.81. The number of rotatable bonds is 2. The summed E-state index contributed by atoms with van der Waals surface area (Å²) in [4.78, 5) is 0. The van der Waals surface area contributed by atoms with Crippen molar-refractivity contribution in [3.8, 4) is 0 Å². The molecule has 0 saturated carbocycles. The van der Waals surface area contributed by atoms with Gasteiger partial charge in [-0.25, -0.2) is 0 Å². The smallest absolute Gasteiger partial charge is 0.0173 e. The molecule has 46 valence electrons. The van der Waals surface area contributed by atoms with E-state index in [1.54, 1.807) is 0 Å². The zero-order chi connectivity index (χ0) is 5.98. The fourth-order valence-electron chi connectivity index (χ4n) is 1.18. The highest BCUT2D eigenvalue weighted by atomic mass is 14.2. The molecule has 2 unspecified atom stereocenters. The molecule has 0 heterocycles. The zero-order valence-corrected chi connectivity index (χ0v) is 5.72. The van der Waals surface area contributed by atoms with Gasteiger partial charge in [0.05, 0.1) is 0 Å². The van der Waals surface area contributed by atoms with E-state index in [0.29, 0.717) is 0 Å². The van der Waals surface area contributed by atoms with Gasteiger partial charge < -0.3 is 0 Å². The van der Waals surface area contributed by atoms with Crippen molar-refractivity contribution < 1.29 is 0 Å². The van der Waals surface area contributed by atoms with Crippen molar-refractivity contribution in [1.29, 1.82) is 0 Å². The van der Waals surface area contributed by atoms with E-state index in [2.05, 4.69) is 26.0 Å². The minimum Gasteiger partial charge on any atom is -0.0848 e. The SMILES string of the molecule is CCCC1C=CC1C. The first-order valence-corrected chi connectivity index (χ1v) is 3.53. The van der Waals surface area contributed by atoms with Gasteiger partial charge in [0.2, 0.25) is 0 Å². The van der Waals surface area contributed by atoms with E-state index >= 15 is 0 Å². The third-order valence-corrected chi connectivity index (χ3v) is 1.96. The predicted molar refractivity (Wildman–Crippen MR) is 36.7 cm³/mol. The standard InChI is InChI=1S/C8H14/c1-3-4-8-6-5-7(8)2/h5-8H,3-4H2,1-2H3. The van der Waals surface area contributed by atoms with Gasteiger partial charge in [-0.05, 0) is 18.3 Å². The van der Waals surface area contributed by atoms with Crippen LogP contribution in [0.3, 0.4) is 0 Å². The first-order valence-electron chi connectivity index (χ1n) is 3.53. The summed E-state index contributed by atoms with van der Waals surface area (Å²) in [5, 5.41) is 0. The summed E-state index contributed by atoms with van der Waals surface area (Å²) in [6.45, 7) is 4.54. The molecule has 0 N–H and O–H groups in total. The third-order valence-electron chi connectivity index (χ3n) is 1.96. The first-order chi connectivity index (χ1) is 3.84. The molecule has 1 rings (SSSR count). The van der Waals surface area contributed by atoms with Crippen molar-refractivity contribution in [2.75, 3.05) is 0 Å². The van der Waals surface area contributed by atoms with Crippen LogP contribution < -0.4 is 0 Å². The third kappa shape index (κ3) is 0.936.